The topological polar surface area (TPSA) is 122 Å². The average molecular weight is 561 g/mol. The van der Waals surface area contributed by atoms with Gasteiger partial charge in [0.15, 0.2) is 17.3 Å². The van der Waals surface area contributed by atoms with Crippen LogP contribution < -0.4 is 21.1 Å². The molecule has 200 valence electrons. The number of piperazine rings is 1. The van der Waals surface area contributed by atoms with Crippen molar-refractivity contribution in [3.8, 4) is 5.75 Å². The Balaban J connectivity index is 1.45. The standard InChI is InChI=1S/C26H27Cl2FN6O3/c1-13-11-35(12-14(2)31-13)26(37)16-4-6-17(7-5-16)32-25(36)20-10-21(24(30)34-33-20)38-15(3)22-18(27)8-9-19(29)23(22)28/h4-10,13-15,31H,11-12H2,1-3H3,(H2,30,34)(H,32,36)/t13-,14?,15+/m0/s1. The van der Waals surface area contributed by atoms with E-state index in [9.17, 15) is 14.0 Å². The number of benzene rings is 2. The summed E-state index contributed by atoms with van der Waals surface area (Å²) in [6.45, 7) is 6.93. The fraction of sp³-hybridized carbons (Fsp3) is 0.308. The van der Waals surface area contributed by atoms with Crippen molar-refractivity contribution in [2.75, 3.05) is 24.1 Å². The number of aromatic nitrogens is 2. The maximum Gasteiger partial charge on any atom is 0.276 e. The van der Waals surface area contributed by atoms with Gasteiger partial charge in [0.05, 0.1) is 5.02 Å². The minimum atomic E-state index is -0.806. The highest BCUT2D eigenvalue weighted by atomic mass is 35.5. The number of hydrogen-bond acceptors (Lipinski definition) is 7. The highest BCUT2D eigenvalue weighted by molar-refractivity contribution is 6.36. The van der Waals surface area contributed by atoms with Crippen molar-refractivity contribution in [3.63, 3.8) is 0 Å². The molecule has 2 amide bonds. The Hall–Kier alpha value is -3.47. The number of nitrogen functional groups attached to an aromatic ring is 1. The molecule has 1 unspecified atom stereocenters. The van der Waals surface area contributed by atoms with Crippen molar-refractivity contribution in [1.82, 2.24) is 20.4 Å². The highest BCUT2D eigenvalue weighted by Crippen LogP contribution is 2.35. The second-order valence-electron chi connectivity index (χ2n) is 9.21. The van der Waals surface area contributed by atoms with Crippen LogP contribution in [0.1, 0.15) is 53.3 Å². The zero-order chi connectivity index (χ0) is 27.6. The average Bonchev–Trinajstić information content (AvgIpc) is 2.87. The Kier molecular flexibility index (Phi) is 8.35. The Bertz CT molecular complexity index is 1350. The van der Waals surface area contributed by atoms with E-state index in [2.05, 4.69) is 20.8 Å². The lowest BCUT2D eigenvalue weighted by Crippen LogP contribution is -2.55. The summed E-state index contributed by atoms with van der Waals surface area (Å²) < 4.78 is 19.8. The lowest BCUT2D eigenvalue weighted by Gasteiger charge is -2.36. The van der Waals surface area contributed by atoms with Gasteiger partial charge in [0.1, 0.15) is 11.9 Å². The van der Waals surface area contributed by atoms with Gasteiger partial charge in [0.2, 0.25) is 0 Å². The SMILES string of the molecule is CC1CN(C(=O)c2ccc(NC(=O)c3cc(O[C@H](C)c4c(Cl)ccc(F)c4Cl)c(N)nn3)cc2)C[C@H](C)N1. The normalized spacial score (nSPS) is 18.1. The predicted octanol–water partition coefficient (Wildman–Crippen LogP) is 4.72. The van der Waals surface area contributed by atoms with Gasteiger partial charge in [0.25, 0.3) is 11.8 Å². The van der Waals surface area contributed by atoms with Crippen LogP contribution in [-0.2, 0) is 0 Å². The molecule has 0 aliphatic carbocycles. The minimum Gasteiger partial charge on any atom is -0.482 e. The molecule has 1 aromatic heterocycles. The monoisotopic (exact) mass is 560 g/mol. The Morgan fingerprint density at radius 2 is 1.79 bits per heavy atom. The number of nitrogens with zero attached hydrogens (tertiary/aromatic N) is 3. The number of hydrogen-bond donors (Lipinski definition) is 3. The molecular weight excluding hydrogens is 534 g/mol. The van der Waals surface area contributed by atoms with Gasteiger partial charge < -0.3 is 26.0 Å². The molecule has 0 radical (unpaired) electrons. The Morgan fingerprint density at radius 1 is 1.13 bits per heavy atom. The Morgan fingerprint density at radius 3 is 2.45 bits per heavy atom. The van der Waals surface area contributed by atoms with Gasteiger partial charge in [-0.15, -0.1) is 10.2 Å². The van der Waals surface area contributed by atoms with Crippen molar-refractivity contribution in [1.29, 1.82) is 0 Å². The third kappa shape index (κ3) is 6.15. The van der Waals surface area contributed by atoms with E-state index in [1.807, 2.05) is 18.7 Å². The predicted molar refractivity (Wildman–Crippen MR) is 144 cm³/mol. The van der Waals surface area contributed by atoms with Crippen LogP contribution >= 0.6 is 23.2 Å². The van der Waals surface area contributed by atoms with E-state index in [1.54, 1.807) is 31.2 Å². The molecule has 3 atom stereocenters. The van der Waals surface area contributed by atoms with Gasteiger partial charge in [-0.3, -0.25) is 9.59 Å². The van der Waals surface area contributed by atoms with Crippen LogP contribution in [0.3, 0.4) is 0 Å². The molecule has 2 aromatic carbocycles. The molecule has 3 aromatic rings. The van der Waals surface area contributed by atoms with E-state index in [0.717, 1.165) is 6.07 Å². The molecule has 4 rings (SSSR count). The molecule has 9 nitrogen and oxygen atoms in total. The molecule has 1 saturated heterocycles. The highest BCUT2D eigenvalue weighted by Gasteiger charge is 2.26. The number of amides is 2. The second-order valence-corrected chi connectivity index (χ2v) is 9.99. The summed E-state index contributed by atoms with van der Waals surface area (Å²) in [5.74, 6) is -1.30. The third-order valence-electron chi connectivity index (χ3n) is 6.04. The molecule has 38 heavy (non-hydrogen) atoms. The zero-order valence-electron chi connectivity index (χ0n) is 21.0. The van der Waals surface area contributed by atoms with Gasteiger partial charge in [0, 0.05) is 53.1 Å². The number of carbonyl (C=O) groups is 2. The van der Waals surface area contributed by atoms with E-state index < -0.39 is 17.8 Å². The lowest BCUT2D eigenvalue weighted by atomic mass is 10.1. The fourth-order valence-corrected chi connectivity index (χ4v) is 5.00. The van der Waals surface area contributed by atoms with Crippen LogP contribution in [0, 0.1) is 5.82 Å². The molecule has 1 fully saturated rings. The van der Waals surface area contributed by atoms with Crippen molar-refractivity contribution in [2.45, 2.75) is 39.0 Å². The molecule has 2 heterocycles. The molecule has 0 spiro atoms. The largest absolute Gasteiger partial charge is 0.482 e. The summed E-state index contributed by atoms with van der Waals surface area (Å²) >= 11 is 12.3. The Labute approximate surface area is 229 Å². The first-order valence-corrected chi connectivity index (χ1v) is 12.7. The summed E-state index contributed by atoms with van der Waals surface area (Å²) in [7, 11) is 0. The molecule has 1 aliphatic rings. The molecule has 4 N–H and O–H groups in total. The van der Waals surface area contributed by atoms with Gasteiger partial charge in [-0.2, -0.15) is 0 Å². The first-order chi connectivity index (χ1) is 18.0. The maximum absolute atomic E-state index is 13.9. The van der Waals surface area contributed by atoms with Gasteiger partial charge in [-0.25, -0.2) is 4.39 Å². The summed E-state index contributed by atoms with van der Waals surface area (Å²) in [5, 5.41) is 13.8. The molecule has 12 heteroatoms. The number of nitrogens with one attached hydrogen (secondary N) is 2. The number of carbonyl (C=O) groups excluding carboxylic acids is 2. The first kappa shape index (κ1) is 27.6. The number of rotatable bonds is 6. The van der Waals surface area contributed by atoms with Crippen molar-refractivity contribution in [2.24, 2.45) is 0 Å². The molecular formula is C26H27Cl2FN6O3. The molecule has 1 aliphatic heterocycles. The van der Waals surface area contributed by atoms with Crippen LogP contribution in [0.15, 0.2) is 42.5 Å². The second kappa shape index (κ2) is 11.5. The quantitative estimate of drug-likeness (QED) is 0.373. The summed E-state index contributed by atoms with van der Waals surface area (Å²) in [6.07, 6.45) is -0.806. The number of ether oxygens (including phenoxy) is 1. The first-order valence-electron chi connectivity index (χ1n) is 11.9. The van der Waals surface area contributed by atoms with Crippen LogP contribution in [0.4, 0.5) is 15.9 Å². The van der Waals surface area contributed by atoms with E-state index >= 15 is 0 Å². The van der Waals surface area contributed by atoms with E-state index in [-0.39, 0.29) is 50.9 Å². The van der Waals surface area contributed by atoms with Gasteiger partial charge >= 0.3 is 0 Å². The van der Waals surface area contributed by atoms with Crippen molar-refractivity contribution >= 4 is 46.5 Å². The lowest BCUT2D eigenvalue weighted by molar-refractivity contribution is 0.0673. The van der Waals surface area contributed by atoms with E-state index in [4.69, 9.17) is 33.7 Å². The summed E-state index contributed by atoms with van der Waals surface area (Å²) in [6, 6.07) is 10.9. The smallest absolute Gasteiger partial charge is 0.276 e. The van der Waals surface area contributed by atoms with Crippen molar-refractivity contribution in [3.05, 3.63) is 75.1 Å². The number of anilines is 2. The minimum absolute atomic E-state index is 0.0504. The zero-order valence-corrected chi connectivity index (χ0v) is 22.5. The van der Waals surface area contributed by atoms with Crippen LogP contribution in [0.2, 0.25) is 10.0 Å². The van der Waals surface area contributed by atoms with Crippen LogP contribution in [0.25, 0.3) is 0 Å². The van der Waals surface area contributed by atoms with Crippen LogP contribution in [0.5, 0.6) is 5.75 Å². The number of halogens is 3. The van der Waals surface area contributed by atoms with Crippen LogP contribution in [-0.4, -0.2) is 52.1 Å². The fourth-order valence-electron chi connectivity index (χ4n) is 4.32. The van der Waals surface area contributed by atoms with E-state index in [1.165, 1.54) is 12.1 Å². The number of nitrogens with two attached hydrogens (primary N) is 1. The third-order valence-corrected chi connectivity index (χ3v) is 6.76. The van der Waals surface area contributed by atoms with Gasteiger partial charge in [-0.1, -0.05) is 23.2 Å². The van der Waals surface area contributed by atoms with Gasteiger partial charge in [-0.05, 0) is 57.2 Å². The molecule has 0 bridgehead atoms. The van der Waals surface area contributed by atoms with E-state index in [0.29, 0.717) is 24.3 Å². The molecule has 0 saturated carbocycles. The summed E-state index contributed by atoms with van der Waals surface area (Å²) in [5.41, 5.74) is 7.04. The summed E-state index contributed by atoms with van der Waals surface area (Å²) in [4.78, 5) is 27.6. The van der Waals surface area contributed by atoms with Crippen molar-refractivity contribution < 1.29 is 18.7 Å². The maximum atomic E-state index is 13.9.